The Morgan fingerprint density at radius 1 is 1.00 bits per heavy atom. The molecule has 2 N–H and O–H groups in total. The molecule has 0 fully saturated rings. The number of fused-ring (bicyclic) bond motifs is 1. The lowest BCUT2D eigenvalue weighted by atomic mass is 10.2. The number of nitrogens with zero attached hydrogens (tertiary/aromatic N) is 2. The van der Waals surface area contributed by atoms with Crippen LogP contribution < -0.4 is 10.6 Å². The molecule has 0 bridgehead atoms. The highest BCUT2D eigenvalue weighted by Gasteiger charge is 2.00. The van der Waals surface area contributed by atoms with Crippen LogP contribution in [0.1, 0.15) is 19.3 Å². The van der Waals surface area contributed by atoms with Crippen LogP contribution in [0.4, 0.5) is 0 Å². The quantitative estimate of drug-likeness (QED) is 0.347. The van der Waals surface area contributed by atoms with E-state index in [-0.39, 0.29) is 0 Å². The average Bonchev–Trinajstić information content (AvgIpc) is 3.08. The number of aryl methyl sites for hydroxylation is 1. The van der Waals surface area contributed by atoms with Crippen LogP contribution in [-0.2, 0) is 16.0 Å². The van der Waals surface area contributed by atoms with E-state index in [2.05, 4.69) is 56.7 Å². The number of hydrogen-bond donors (Lipinski definition) is 2. The molecule has 1 aromatic heterocycles. The van der Waals surface area contributed by atoms with Crippen molar-refractivity contribution in [3.63, 3.8) is 0 Å². The minimum Gasteiger partial charge on any atom is -0.382 e. The van der Waals surface area contributed by atoms with Crippen molar-refractivity contribution in [3.8, 4) is 0 Å². The molecular weight excluding hydrogens is 328 g/mol. The van der Waals surface area contributed by atoms with Crippen LogP contribution in [0.25, 0.3) is 10.9 Å². The first-order chi connectivity index (χ1) is 12.8. The van der Waals surface area contributed by atoms with Gasteiger partial charge in [-0.2, -0.15) is 0 Å². The normalized spacial score (nSPS) is 11.8. The summed E-state index contributed by atoms with van der Waals surface area (Å²) >= 11 is 0. The van der Waals surface area contributed by atoms with E-state index in [1.54, 1.807) is 7.11 Å². The Morgan fingerprint density at radius 3 is 2.62 bits per heavy atom. The van der Waals surface area contributed by atoms with Crippen LogP contribution in [0, 0.1) is 0 Å². The number of methoxy groups -OCH3 is 1. The van der Waals surface area contributed by atoms with Crippen LogP contribution in [-0.4, -0.2) is 57.6 Å². The Hall–Kier alpha value is -2.05. The third kappa shape index (κ3) is 7.06. The zero-order chi connectivity index (χ0) is 18.5. The molecule has 144 valence electrons. The van der Waals surface area contributed by atoms with Crippen LogP contribution >= 0.6 is 0 Å². The number of benzene rings is 1. The molecule has 26 heavy (non-hydrogen) atoms. The summed E-state index contributed by atoms with van der Waals surface area (Å²) in [5, 5.41) is 8.02. The van der Waals surface area contributed by atoms with Gasteiger partial charge in [0.2, 0.25) is 0 Å². The van der Waals surface area contributed by atoms with E-state index >= 15 is 0 Å². The molecule has 2 aromatic rings. The summed E-state index contributed by atoms with van der Waals surface area (Å²) in [5.74, 6) is 0.864. The molecule has 0 spiro atoms. The summed E-state index contributed by atoms with van der Waals surface area (Å²) in [4.78, 5) is 4.27. The second kappa shape index (κ2) is 12.3. The highest BCUT2D eigenvalue weighted by Crippen LogP contribution is 2.15. The molecule has 0 aliphatic rings. The lowest BCUT2D eigenvalue weighted by Gasteiger charge is -2.12. The fourth-order valence-corrected chi connectivity index (χ4v) is 2.79. The smallest absolute Gasteiger partial charge is 0.190 e. The molecule has 6 nitrogen and oxygen atoms in total. The minimum atomic E-state index is 0.660. The standard InChI is InChI=1S/C20H32N4O2/c1-21-20(22-11-5-6-15-26-17-16-25-2)23-12-7-13-24-14-10-18-8-3-4-9-19(18)24/h3-4,8-10,14H,5-7,11-13,15-17H2,1-2H3,(H2,21,22,23). The molecule has 0 amide bonds. The molecule has 0 unspecified atom stereocenters. The van der Waals surface area contributed by atoms with Crippen molar-refractivity contribution in [1.82, 2.24) is 15.2 Å². The summed E-state index contributed by atoms with van der Waals surface area (Å²) in [6, 6.07) is 10.7. The highest BCUT2D eigenvalue weighted by molar-refractivity contribution is 5.80. The molecule has 0 atom stereocenters. The van der Waals surface area contributed by atoms with Gasteiger partial charge < -0.3 is 24.7 Å². The van der Waals surface area contributed by atoms with Crippen LogP contribution in [0.2, 0.25) is 0 Å². The van der Waals surface area contributed by atoms with Crippen LogP contribution in [0.15, 0.2) is 41.5 Å². The molecule has 2 rings (SSSR count). The molecule has 0 saturated carbocycles. The number of unbranched alkanes of at least 4 members (excludes halogenated alkanes) is 1. The van der Waals surface area contributed by atoms with Gasteiger partial charge >= 0.3 is 0 Å². The number of guanidine groups is 1. The SMILES string of the molecule is CN=C(NCCCCOCCOC)NCCCn1ccc2ccccc21. The van der Waals surface area contributed by atoms with E-state index in [1.807, 2.05) is 7.05 Å². The lowest BCUT2D eigenvalue weighted by Crippen LogP contribution is -2.38. The lowest BCUT2D eigenvalue weighted by molar-refractivity contribution is 0.0689. The van der Waals surface area contributed by atoms with Gasteiger partial charge in [-0.1, -0.05) is 18.2 Å². The van der Waals surface area contributed by atoms with E-state index in [4.69, 9.17) is 9.47 Å². The fraction of sp³-hybridized carbons (Fsp3) is 0.550. The van der Waals surface area contributed by atoms with Gasteiger partial charge in [0.15, 0.2) is 5.96 Å². The van der Waals surface area contributed by atoms with E-state index in [0.717, 1.165) is 51.5 Å². The third-order valence-electron chi connectivity index (χ3n) is 4.21. The molecule has 0 aliphatic carbocycles. The second-order valence-electron chi connectivity index (χ2n) is 6.16. The molecule has 0 radical (unpaired) electrons. The van der Waals surface area contributed by atoms with Gasteiger partial charge in [-0.25, -0.2) is 0 Å². The highest BCUT2D eigenvalue weighted by atomic mass is 16.5. The van der Waals surface area contributed by atoms with Crippen molar-refractivity contribution in [3.05, 3.63) is 36.5 Å². The van der Waals surface area contributed by atoms with Crippen molar-refractivity contribution < 1.29 is 9.47 Å². The summed E-state index contributed by atoms with van der Waals surface area (Å²) in [5.41, 5.74) is 1.29. The summed E-state index contributed by atoms with van der Waals surface area (Å²) in [6.45, 7) is 4.90. The second-order valence-corrected chi connectivity index (χ2v) is 6.16. The molecule has 0 aliphatic heterocycles. The number of aliphatic imine (C=N–C) groups is 1. The Morgan fingerprint density at radius 2 is 1.81 bits per heavy atom. The van der Waals surface area contributed by atoms with Crippen molar-refractivity contribution in [2.24, 2.45) is 4.99 Å². The van der Waals surface area contributed by atoms with Gasteiger partial charge in [0, 0.05) is 52.1 Å². The van der Waals surface area contributed by atoms with Gasteiger partial charge in [0.25, 0.3) is 0 Å². The largest absolute Gasteiger partial charge is 0.382 e. The number of para-hydroxylation sites is 1. The van der Waals surface area contributed by atoms with Gasteiger partial charge in [-0.05, 0) is 36.8 Å². The monoisotopic (exact) mass is 360 g/mol. The Labute approximate surface area is 156 Å². The number of aromatic nitrogens is 1. The first kappa shape index (κ1) is 20.3. The average molecular weight is 361 g/mol. The Balaban J connectivity index is 1.55. The van der Waals surface area contributed by atoms with Gasteiger partial charge in [0.05, 0.1) is 13.2 Å². The van der Waals surface area contributed by atoms with Gasteiger partial charge in [-0.15, -0.1) is 0 Å². The van der Waals surface area contributed by atoms with Gasteiger partial charge in [-0.3, -0.25) is 4.99 Å². The molecule has 1 heterocycles. The maximum Gasteiger partial charge on any atom is 0.190 e. The van der Waals surface area contributed by atoms with E-state index in [0.29, 0.717) is 13.2 Å². The third-order valence-corrected chi connectivity index (χ3v) is 4.21. The zero-order valence-electron chi connectivity index (χ0n) is 16.0. The molecular formula is C20H32N4O2. The van der Waals surface area contributed by atoms with Crippen molar-refractivity contribution in [2.45, 2.75) is 25.8 Å². The van der Waals surface area contributed by atoms with Crippen LogP contribution in [0.3, 0.4) is 0 Å². The summed E-state index contributed by atoms with van der Waals surface area (Å²) in [6.07, 6.45) is 5.30. The summed E-state index contributed by atoms with van der Waals surface area (Å²) in [7, 11) is 3.50. The number of hydrogen-bond acceptors (Lipinski definition) is 3. The van der Waals surface area contributed by atoms with Crippen molar-refractivity contribution in [2.75, 3.05) is 47.1 Å². The van der Waals surface area contributed by atoms with Crippen molar-refractivity contribution in [1.29, 1.82) is 0 Å². The predicted molar refractivity (Wildman–Crippen MR) is 108 cm³/mol. The zero-order valence-corrected chi connectivity index (χ0v) is 16.0. The maximum absolute atomic E-state index is 5.45. The number of nitrogens with one attached hydrogen (secondary N) is 2. The Bertz CT molecular complexity index is 654. The van der Waals surface area contributed by atoms with E-state index < -0.39 is 0 Å². The maximum atomic E-state index is 5.45. The first-order valence-electron chi connectivity index (χ1n) is 9.40. The fourth-order valence-electron chi connectivity index (χ4n) is 2.79. The molecule has 0 saturated heterocycles. The van der Waals surface area contributed by atoms with Crippen molar-refractivity contribution >= 4 is 16.9 Å². The topological polar surface area (TPSA) is 59.8 Å². The Kier molecular flexibility index (Phi) is 9.61. The number of rotatable bonds is 12. The van der Waals surface area contributed by atoms with Gasteiger partial charge in [0.1, 0.15) is 0 Å². The predicted octanol–water partition coefficient (Wildman–Crippen LogP) is 2.64. The molecule has 6 heteroatoms. The minimum absolute atomic E-state index is 0.660. The van der Waals surface area contributed by atoms with Crippen LogP contribution in [0.5, 0.6) is 0 Å². The van der Waals surface area contributed by atoms with E-state index in [9.17, 15) is 0 Å². The van der Waals surface area contributed by atoms with E-state index in [1.165, 1.54) is 10.9 Å². The number of ether oxygens (including phenoxy) is 2. The summed E-state index contributed by atoms with van der Waals surface area (Å²) < 4.78 is 12.7. The molecule has 1 aromatic carbocycles. The first-order valence-corrected chi connectivity index (χ1v) is 9.40.